The summed E-state index contributed by atoms with van der Waals surface area (Å²) in [5, 5.41) is 4.27. The number of rotatable bonds is 7. The van der Waals surface area contributed by atoms with E-state index in [9.17, 15) is 9.70 Å². The molecule has 0 unspecified atom stereocenters. The van der Waals surface area contributed by atoms with Crippen molar-refractivity contribution < 1.29 is 9.53 Å². The molecule has 0 fully saturated rings. The zero-order valence-corrected chi connectivity index (χ0v) is 13.8. The Morgan fingerprint density at radius 1 is 0.962 bits per heavy atom. The Morgan fingerprint density at radius 2 is 1.54 bits per heavy atom. The van der Waals surface area contributed by atoms with Gasteiger partial charge >= 0.3 is 0 Å². The fourth-order valence-corrected chi connectivity index (χ4v) is 2.34. The van der Waals surface area contributed by atoms with Gasteiger partial charge in [-0.3, -0.25) is 9.78 Å². The molecule has 0 aliphatic rings. The largest absolute Gasteiger partial charge is 0.489 e. The van der Waals surface area contributed by atoms with Crippen molar-refractivity contribution in [3.8, 4) is 5.75 Å². The second kappa shape index (κ2) is 7.89. The average molecular weight is 348 g/mol. The molecular formula is C19H16N4O3. The van der Waals surface area contributed by atoms with E-state index in [0.29, 0.717) is 29.3 Å². The molecule has 0 saturated heterocycles. The first-order valence-corrected chi connectivity index (χ1v) is 7.82. The molecule has 0 bridgehead atoms. The molecule has 1 heterocycles. The summed E-state index contributed by atoms with van der Waals surface area (Å²) in [4.78, 5) is 26.4. The highest BCUT2D eigenvalue weighted by Gasteiger charge is 2.11. The zero-order valence-electron chi connectivity index (χ0n) is 13.8. The van der Waals surface area contributed by atoms with Crippen molar-refractivity contribution in [2.75, 3.05) is 5.01 Å². The molecule has 3 rings (SSSR count). The molecular weight excluding hydrogens is 332 g/mol. The van der Waals surface area contributed by atoms with E-state index in [4.69, 9.17) is 10.5 Å². The first-order chi connectivity index (χ1) is 12.7. The SMILES string of the molecule is NC(=O)c1ccc(N(N=O)c2ccc(OCc3ccncc3)cc2)cc1. The highest BCUT2D eigenvalue weighted by molar-refractivity contribution is 5.93. The Bertz CT molecular complexity index is 881. The first kappa shape index (κ1) is 17.1. The molecule has 0 aliphatic heterocycles. The molecule has 7 heteroatoms. The van der Waals surface area contributed by atoms with E-state index in [-0.39, 0.29) is 0 Å². The molecule has 2 aromatic carbocycles. The van der Waals surface area contributed by atoms with Gasteiger partial charge in [-0.2, -0.15) is 5.01 Å². The number of nitrogens with two attached hydrogens (primary N) is 1. The maximum Gasteiger partial charge on any atom is 0.248 e. The zero-order chi connectivity index (χ0) is 18.4. The quantitative estimate of drug-likeness (QED) is 0.520. The Morgan fingerprint density at radius 3 is 2.08 bits per heavy atom. The number of amides is 1. The number of ether oxygens (including phenoxy) is 1. The van der Waals surface area contributed by atoms with E-state index in [1.54, 1.807) is 60.9 Å². The van der Waals surface area contributed by atoms with Gasteiger partial charge in [-0.1, -0.05) is 0 Å². The Kier molecular flexibility index (Phi) is 5.19. The van der Waals surface area contributed by atoms with Crippen molar-refractivity contribution in [3.63, 3.8) is 0 Å². The molecule has 130 valence electrons. The van der Waals surface area contributed by atoms with Crippen LogP contribution < -0.4 is 15.5 Å². The molecule has 0 spiro atoms. The lowest BCUT2D eigenvalue weighted by Gasteiger charge is -2.16. The van der Waals surface area contributed by atoms with Gasteiger partial charge in [0.05, 0.1) is 16.7 Å². The van der Waals surface area contributed by atoms with Crippen LogP contribution in [0.25, 0.3) is 0 Å². The van der Waals surface area contributed by atoms with Crippen LogP contribution in [0.15, 0.2) is 78.3 Å². The molecule has 0 radical (unpaired) electrons. The van der Waals surface area contributed by atoms with Crippen molar-refractivity contribution in [2.45, 2.75) is 6.61 Å². The minimum atomic E-state index is -0.530. The summed E-state index contributed by atoms with van der Waals surface area (Å²) in [5.74, 6) is 0.137. The Balaban J connectivity index is 1.71. The van der Waals surface area contributed by atoms with Crippen molar-refractivity contribution in [2.24, 2.45) is 11.0 Å². The van der Waals surface area contributed by atoms with E-state index < -0.39 is 5.91 Å². The van der Waals surface area contributed by atoms with Gasteiger partial charge in [0.25, 0.3) is 0 Å². The van der Waals surface area contributed by atoms with Crippen LogP contribution in [0.1, 0.15) is 15.9 Å². The Hall–Kier alpha value is -3.74. The predicted molar refractivity (Wildman–Crippen MR) is 97.9 cm³/mol. The lowest BCUT2D eigenvalue weighted by molar-refractivity contribution is 0.100. The monoisotopic (exact) mass is 348 g/mol. The minimum absolute atomic E-state index is 0.361. The van der Waals surface area contributed by atoms with E-state index >= 15 is 0 Å². The minimum Gasteiger partial charge on any atom is -0.489 e. The fraction of sp³-hybridized carbons (Fsp3) is 0.0526. The molecule has 7 nitrogen and oxygen atoms in total. The molecule has 0 atom stereocenters. The summed E-state index contributed by atoms with van der Waals surface area (Å²) < 4.78 is 5.70. The fourth-order valence-electron chi connectivity index (χ4n) is 2.34. The van der Waals surface area contributed by atoms with Crippen LogP contribution in [0.4, 0.5) is 11.4 Å². The number of anilines is 2. The number of carbonyl (C=O) groups is 1. The number of hydrogen-bond donors (Lipinski definition) is 1. The van der Waals surface area contributed by atoms with Crippen LogP contribution in [-0.4, -0.2) is 10.9 Å². The van der Waals surface area contributed by atoms with Crippen molar-refractivity contribution in [1.29, 1.82) is 0 Å². The highest BCUT2D eigenvalue weighted by atomic mass is 16.5. The van der Waals surface area contributed by atoms with E-state index in [1.165, 1.54) is 5.01 Å². The highest BCUT2D eigenvalue weighted by Crippen LogP contribution is 2.28. The predicted octanol–water partition coefficient (Wildman–Crippen LogP) is 3.58. The van der Waals surface area contributed by atoms with Gasteiger partial charge in [0.2, 0.25) is 5.91 Å². The van der Waals surface area contributed by atoms with Crippen molar-refractivity contribution in [3.05, 3.63) is 89.1 Å². The summed E-state index contributed by atoms with van der Waals surface area (Å²) in [6.07, 6.45) is 3.41. The molecule has 1 amide bonds. The third kappa shape index (κ3) is 4.02. The van der Waals surface area contributed by atoms with Crippen LogP contribution in [0.3, 0.4) is 0 Å². The summed E-state index contributed by atoms with van der Waals surface area (Å²) >= 11 is 0. The van der Waals surface area contributed by atoms with Crippen LogP contribution in [-0.2, 0) is 6.61 Å². The third-order valence-corrected chi connectivity index (χ3v) is 3.71. The third-order valence-electron chi connectivity index (χ3n) is 3.71. The molecule has 0 saturated carbocycles. The first-order valence-electron chi connectivity index (χ1n) is 7.82. The number of hydrogen-bond acceptors (Lipinski definition) is 5. The lowest BCUT2D eigenvalue weighted by Crippen LogP contribution is -2.12. The summed E-state index contributed by atoms with van der Waals surface area (Å²) in [5.41, 5.74) is 7.68. The molecule has 26 heavy (non-hydrogen) atoms. The van der Waals surface area contributed by atoms with Gasteiger partial charge in [-0.15, -0.1) is 4.91 Å². The van der Waals surface area contributed by atoms with Crippen molar-refractivity contribution >= 4 is 17.3 Å². The maximum atomic E-state index is 11.3. The van der Waals surface area contributed by atoms with Gasteiger partial charge in [0.15, 0.2) is 0 Å². The van der Waals surface area contributed by atoms with E-state index in [0.717, 1.165) is 5.56 Å². The van der Waals surface area contributed by atoms with Gasteiger partial charge in [-0.05, 0) is 66.2 Å². The number of nitroso groups, excluding NO2 is 1. The summed E-state index contributed by atoms with van der Waals surface area (Å²) in [6, 6.07) is 17.0. The van der Waals surface area contributed by atoms with E-state index in [1.807, 2.05) is 12.1 Å². The van der Waals surface area contributed by atoms with Gasteiger partial charge < -0.3 is 10.5 Å². The van der Waals surface area contributed by atoms with Gasteiger partial charge in [0, 0.05) is 18.0 Å². The summed E-state index contributed by atoms with van der Waals surface area (Å²) in [6.45, 7) is 0.423. The van der Waals surface area contributed by atoms with Crippen molar-refractivity contribution in [1.82, 2.24) is 4.98 Å². The number of carbonyl (C=O) groups excluding carboxylic acids is 1. The van der Waals surface area contributed by atoms with Gasteiger partial charge in [0.1, 0.15) is 12.4 Å². The average Bonchev–Trinajstić information content (AvgIpc) is 2.69. The molecule has 0 aliphatic carbocycles. The number of benzene rings is 2. The number of pyridine rings is 1. The Labute approximate surface area is 150 Å². The lowest BCUT2D eigenvalue weighted by atomic mass is 10.2. The standard InChI is InChI=1S/C19H16N4O3/c20-19(24)15-1-3-16(4-2-15)23(22-25)17-5-7-18(8-6-17)26-13-14-9-11-21-12-10-14/h1-12H,13H2,(H2,20,24). The maximum absolute atomic E-state index is 11.3. The second-order valence-electron chi connectivity index (χ2n) is 5.44. The smallest absolute Gasteiger partial charge is 0.248 e. The number of aromatic nitrogens is 1. The molecule has 2 N–H and O–H groups in total. The summed E-state index contributed by atoms with van der Waals surface area (Å²) in [7, 11) is 0. The topological polar surface area (TPSA) is 97.9 Å². The normalized spacial score (nSPS) is 10.2. The van der Waals surface area contributed by atoms with Gasteiger partial charge in [-0.25, -0.2) is 0 Å². The van der Waals surface area contributed by atoms with Crippen LogP contribution in [0.2, 0.25) is 0 Å². The number of primary amides is 1. The molecule has 3 aromatic rings. The second-order valence-corrected chi connectivity index (χ2v) is 5.44. The van der Waals surface area contributed by atoms with Crippen LogP contribution in [0, 0.1) is 4.91 Å². The van der Waals surface area contributed by atoms with Crippen LogP contribution in [0.5, 0.6) is 5.75 Å². The number of nitrogens with zero attached hydrogens (tertiary/aromatic N) is 3. The van der Waals surface area contributed by atoms with E-state index in [2.05, 4.69) is 10.3 Å². The van der Waals surface area contributed by atoms with Crippen LogP contribution >= 0.6 is 0 Å². The molecule has 1 aromatic heterocycles.